The number of hydrogen-bond donors (Lipinski definition) is 0. The molecular formula is C21H42N2O3S. The maximum atomic E-state index is 9.08. The van der Waals surface area contributed by atoms with Gasteiger partial charge in [-0.25, -0.2) is 17.6 Å². The lowest BCUT2D eigenvalue weighted by molar-refractivity contribution is -0.732. The van der Waals surface area contributed by atoms with Gasteiger partial charge < -0.3 is 4.55 Å². The second-order valence-corrected chi connectivity index (χ2v) is 9.00. The van der Waals surface area contributed by atoms with Crippen molar-refractivity contribution in [3.63, 3.8) is 0 Å². The van der Waals surface area contributed by atoms with E-state index in [4.69, 9.17) is 13.0 Å². The molecular weight excluding hydrogens is 360 g/mol. The summed E-state index contributed by atoms with van der Waals surface area (Å²) in [4.78, 5) is 0. The fraction of sp³-hybridized carbons (Fsp3) is 0.857. The van der Waals surface area contributed by atoms with Crippen LogP contribution in [0.3, 0.4) is 0 Å². The van der Waals surface area contributed by atoms with E-state index in [1.165, 1.54) is 64.2 Å². The maximum absolute atomic E-state index is 9.08. The molecule has 0 aliphatic carbocycles. The first-order chi connectivity index (χ1) is 12.7. The first-order valence-electron chi connectivity index (χ1n) is 10.7. The zero-order valence-corrected chi connectivity index (χ0v) is 19.2. The molecule has 0 saturated carbocycles. The van der Waals surface area contributed by atoms with Gasteiger partial charge in [0.2, 0.25) is 0 Å². The summed E-state index contributed by atoms with van der Waals surface area (Å²) in [5.74, 6) is 2.30. The minimum Gasteiger partial charge on any atom is -0.748 e. The molecule has 0 amide bonds. The van der Waals surface area contributed by atoms with Crippen molar-refractivity contribution >= 4 is 10.1 Å². The molecule has 160 valence electrons. The quantitative estimate of drug-likeness (QED) is 0.362. The van der Waals surface area contributed by atoms with E-state index in [2.05, 4.69) is 56.3 Å². The van der Waals surface area contributed by atoms with Gasteiger partial charge >= 0.3 is 0 Å². The average Bonchev–Trinajstić information content (AvgIpc) is 2.95. The molecule has 0 N–H and O–H groups in total. The topological polar surface area (TPSA) is 66.0 Å². The van der Waals surface area contributed by atoms with Crippen molar-refractivity contribution in [2.75, 3.05) is 6.26 Å². The van der Waals surface area contributed by atoms with Crippen molar-refractivity contribution < 1.29 is 17.5 Å². The van der Waals surface area contributed by atoms with Gasteiger partial charge in [0, 0.05) is 6.26 Å². The molecule has 0 bridgehead atoms. The lowest BCUT2D eigenvalue weighted by atomic mass is 9.95. The summed E-state index contributed by atoms with van der Waals surface area (Å²) >= 11 is 0. The number of nitrogens with zero attached hydrogens (tertiary/aromatic N) is 2. The highest BCUT2D eigenvalue weighted by Gasteiger charge is 2.28. The van der Waals surface area contributed by atoms with Crippen molar-refractivity contribution in [2.45, 2.75) is 104 Å². The molecule has 0 aliphatic heterocycles. The summed E-state index contributed by atoms with van der Waals surface area (Å²) in [6.07, 6.45) is 18.4. The predicted octanol–water partition coefficient (Wildman–Crippen LogP) is 5.08. The van der Waals surface area contributed by atoms with Gasteiger partial charge in [0.05, 0.1) is 23.1 Å². The summed E-state index contributed by atoms with van der Waals surface area (Å²) in [6.45, 7) is 9.26. The van der Waals surface area contributed by atoms with E-state index in [1.54, 1.807) is 5.82 Å². The first-order valence-corrected chi connectivity index (χ1v) is 12.5. The number of rotatable bonds is 12. The monoisotopic (exact) mass is 402 g/mol. The largest absolute Gasteiger partial charge is 0.748 e. The Morgan fingerprint density at radius 3 is 1.96 bits per heavy atom. The molecule has 1 heterocycles. The van der Waals surface area contributed by atoms with Crippen LogP contribution >= 0.6 is 0 Å². The molecule has 0 fully saturated rings. The van der Waals surface area contributed by atoms with Crippen LogP contribution in [0.15, 0.2) is 12.4 Å². The molecule has 0 aromatic carbocycles. The number of hydrogen-bond acceptors (Lipinski definition) is 3. The summed E-state index contributed by atoms with van der Waals surface area (Å²) in [7, 11) is -1.68. The van der Waals surface area contributed by atoms with Gasteiger partial charge in [-0.3, -0.25) is 0 Å². The number of aryl methyl sites for hydroxylation is 1. The highest BCUT2D eigenvalue weighted by atomic mass is 32.2. The number of aromatic nitrogens is 2. The van der Waals surface area contributed by atoms with Crippen molar-refractivity contribution in [3.05, 3.63) is 18.2 Å². The van der Waals surface area contributed by atoms with Crippen molar-refractivity contribution in [2.24, 2.45) is 7.05 Å². The van der Waals surface area contributed by atoms with Crippen LogP contribution in [0.1, 0.15) is 110 Å². The first kappa shape index (κ1) is 26.1. The summed E-state index contributed by atoms with van der Waals surface area (Å²) in [6, 6.07) is 0.696. The molecule has 2 atom stereocenters. The normalized spacial score (nSPS) is 13.7. The molecule has 1 rings (SSSR count). The number of unbranched alkanes of at least 4 members (excludes halogenated alkanes) is 2. The third kappa shape index (κ3) is 11.5. The van der Waals surface area contributed by atoms with Crippen molar-refractivity contribution in [1.29, 1.82) is 0 Å². The highest BCUT2D eigenvalue weighted by Crippen LogP contribution is 2.27. The molecule has 1 aromatic rings. The van der Waals surface area contributed by atoms with Crippen LogP contribution in [0.4, 0.5) is 0 Å². The van der Waals surface area contributed by atoms with Gasteiger partial charge in [-0.05, 0) is 32.1 Å². The maximum Gasteiger partial charge on any atom is 0.259 e. The highest BCUT2D eigenvalue weighted by molar-refractivity contribution is 7.84. The minimum atomic E-state index is -3.92. The zero-order valence-electron chi connectivity index (χ0n) is 18.4. The smallest absolute Gasteiger partial charge is 0.259 e. The molecule has 0 saturated heterocycles. The Morgan fingerprint density at radius 2 is 1.48 bits per heavy atom. The second-order valence-electron chi connectivity index (χ2n) is 7.59. The predicted molar refractivity (Wildman–Crippen MR) is 112 cm³/mol. The Bertz CT molecular complexity index is 589. The van der Waals surface area contributed by atoms with E-state index in [0.717, 1.165) is 5.92 Å². The van der Waals surface area contributed by atoms with Gasteiger partial charge in [0.25, 0.3) is 5.82 Å². The van der Waals surface area contributed by atoms with Crippen molar-refractivity contribution in [3.8, 4) is 0 Å². The Hall–Kier alpha value is -0.880. The van der Waals surface area contributed by atoms with E-state index in [0.29, 0.717) is 12.3 Å². The van der Waals surface area contributed by atoms with Crippen LogP contribution in [0, 0.1) is 0 Å². The zero-order chi connectivity index (χ0) is 20.9. The molecule has 0 spiro atoms. The summed E-state index contributed by atoms with van der Waals surface area (Å²) in [5.41, 5.74) is 0. The molecule has 6 heteroatoms. The summed E-state index contributed by atoms with van der Waals surface area (Å²) in [5, 5.41) is 0. The molecule has 5 nitrogen and oxygen atoms in total. The van der Waals surface area contributed by atoms with Crippen LogP contribution in [-0.2, 0) is 17.2 Å². The molecule has 2 unspecified atom stereocenters. The Labute approximate surface area is 167 Å². The van der Waals surface area contributed by atoms with Crippen LogP contribution < -0.4 is 4.57 Å². The van der Waals surface area contributed by atoms with Crippen LogP contribution in [-0.4, -0.2) is 23.8 Å². The van der Waals surface area contributed by atoms with E-state index in [-0.39, 0.29) is 0 Å². The van der Waals surface area contributed by atoms with Gasteiger partial charge in [-0.15, -0.1) is 0 Å². The minimum absolute atomic E-state index is 0.604. The van der Waals surface area contributed by atoms with Crippen LogP contribution in [0.5, 0.6) is 0 Å². The SMILES string of the molecule is CCCCC(CCC)c1n(C)cc[n+]1C(CCC)CCCC.CS(=O)(=O)[O-]. The fourth-order valence-electron chi connectivity index (χ4n) is 3.71. The van der Waals surface area contributed by atoms with Gasteiger partial charge in [0.1, 0.15) is 18.4 Å². The van der Waals surface area contributed by atoms with E-state index in [1.807, 2.05) is 0 Å². The summed E-state index contributed by atoms with van der Waals surface area (Å²) < 4.78 is 32.3. The Balaban J connectivity index is 0.00000119. The molecule has 27 heavy (non-hydrogen) atoms. The van der Waals surface area contributed by atoms with E-state index in [9.17, 15) is 0 Å². The van der Waals surface area contributed by atoms with E-state index >= 15 is 0 Å². The fourth-order valence-corrected chi connectivity index (χ4v) is 3.71. The standard InChI is InChI=1S/C20H39N2.CH4O3S/c1-6-10-14-18(12-8-3)20-21(5)16-17-22(20)19(13-9-4)15-11-7-2;1-5(2,3)4/h16-19H,6-15H2,1-5H3;1H3,(H,2,3,4)/q+1;/p-1. The van der Waals surface area contributed by atoms with Crippen LogP contribution in [0.2, 0.25) is 0 Å². The molecule has 1 aromatic heterocycles. The lowest BCUT2D eigenvalue weighted by Gasteiger charge is -2.19. The van der Waals surface area contributed by atoms with Gasteiger partial charge in [0.15, 0.2) is 0 Å². The molecule has 0 aliphatic rings. The number of imidazole rings is 1. The van der Waals surface area contributed by atoms with Gasteiger partial charge in [-0.1, -0.05) is 59.8 Å². The lowest BCUT2D eigenvalue weighted by Crippen LogP contribution is -2.43. The average molecular weight is 403 g/mol. The second kappa shape index (κ2) is 14.2. The van der Waals surface area contributed by atoms with E-state index < -0.39 is 10.1 Å². The van der Waals surface area contributed by atoms with Gasteiger partial charge in [-0.2, -0.15) is 0 Å². The van der Waals surface area contributed by atoms with Crippen molar-refractivity contribution in [1.82, 2.24) is 4.57 Å². The van der Waals surface area contributed by atoms with Crippen LogP contribution in [0.25, 0.3) is 0 Å². The molecule has 0 radical (unpaired) electrons. The third-order valence-electron chi connectivity index (χ3n) is 4.89. The Kier molecular flexibility index (Phi) is 13.7. The Morgan fingerprint density at radius 1 is 0.963 bits per heavy atom. The third-order valence-corrected chi connectivity index (χ3v) is 4.89.